The third-order valence-corrected chi connectivity index (χ3v) is 1.76. The normalized spacial score (nSPS) is 9.80. The van der Waals surface area contributed by atoms with Crippen LogP contribution in [0, 0.1) is 0 Å². The molecule has 1 heterocycles. The van der Waals surface area contributed by atoms with Crippen molar-refractivity contribution in [1.82, 2.24) is 15.0 Å². The number of anilines is 1. The molecule has 0 saturated carbocycles. The molecule has 0 atom stereocenters. The minimum absolute atomic E-state index is 0.00410. The molecule has 6 nitrogen and oxygen atoms in total. The summed E-state index contributed by atoms with van der Waals surface area (Å²) in [6.07, 6.45) is 0.206. The van der Waals surface area contributed by atoms with Crippen LogP contribution in [0.5, 0.6) is 0 Å². The first kappa shape index (κ1) is 11.9. The van der Waals surface area contributed by atoms with E-state index in [-0.39, 0.29) is 28.9 Å². The summed E-state index contributed by atoms with van der Waals surface area (Å²) < 4.78 is 4.45. The zero-order valence-electron chi connectivity index (χ0n) is 7.83. The largest absolute Gasteiger partial charge is 0.469 e. The quantitative estimate of drug-likeness (QED) is 0.809. The Labute approximate surface area is 96.0 Å². The van der Waals surface area contributed by atoms with Crippen molar-refractivity contribution in [1.29, 1.82) is 0 Å². The first-order valence-corrected chi connectivity index (χ1v) is 4.75. The van der Waals surface area contributed by atoms with Gasteiger partial charge in [0.1, 0.15) is 0 Å². The van der Waals surface area contributed by atoms with Gasteiger partial charge in [-0.25, -0.2) is 0 Å². The van der Waals surface area contributed by atoms with E-state index in [1.54, 1.807) is 0 Å². The van der Waals surface area contributed by atoms with Gasteiger partial charge in [0.15, 0.2) is 0 Å². The lowest BCUT2D eigenvalue weighted by Crippen LogP contribution is -2.11. The summed E-state index contributed by atoms with van der Waals surface area (Å²) >= 11 is 11.1. The second kappa shape index (κ2) is 5.67. The lowest BCUT2D eigenvalue weighted by atomic mass is 10.4. The molecule has 1 aromatic rings. The number of esters is 1. The number of nitrogens with one attached hydrogen (secondary N) is 1. The van der Waals surface area contributed by atoms with Crippen molar-refractivity contribution in [3.8, 4) is 0 Å². The molecule has 1 N–H and O–H groups in total. The Morgan fingerprint density at radius 3 is 2.47 bits per heavy atom. The average Bonchev–Trinajstić information content (AvgIpc) is 2.16. The van der Waals surface area contributed by atoms with Crippen molar-refractivity contribution in [2.75, 3.05) is 19.0 Å². The number of halogens is 2. The van der Waals surface area contributed by atoms with Crippen molar-refractivity contribution in [2.24, 2.45) is 0 Å². The molecule has 0 aliphatic heterocycles. The van der Waals surface area contributed by atoms with Crippen molar-refractivity contribution < 1.29 is 9.53 Å². The van der Waals surface area contributed by atoms with E-state index in [1.807, 2.05) is 0 Å². The lowest BCUT2D eigenvalue weighted by molar-refractivity contribution is -0.140. The highest BCUT2D eigenvalue weighted by Gasteiger charge is 2.04. The van der Waals surface area contributed by atoms with Gasteiger partial charge in [-0.05, 0) is 23.2 Å². The highest BCUT2D eigenvalue weighted by Crippen LogP contribution is 2.09. The van der Waals surface area contributed by atoms with Crippen LogP contribution >= 0.6 is 23.2 Å². The maximum absolute atomic E-state index is 10.8. The van der Waals surface area contributed by atoms with Gasteiger partial charge in [0.2, 0.25) is 16.5 Å². The molecule has 0 saturated heterocycles. The Balaban J connectivity index is 2.47. The lowest BCUT2D eigenvalue weighted by Gasteiger charge is -2.03. The topological polar surface area (TPSA) is 77.0 Å². The number of carbonyl (C=O) groups is 1. The number of carbonyl (C=O) groups excluding carboxylic acids is 1. The van der Waals surface area contributed by atoms with Crippen LogP contribution in [0.3, 0.4) is 0 Å². The summed E-state index contributed by atoms with van der Waals surface area (Å²) in [6.45, 7) is 0.337. The smallest absolute Gasteiger partial charge is 0.307 e. The third kappa shape index (κ3) is 4.26. The first-order chi connectivity index (χ1) is 7.11. The van der Waals surface area contributed by atoms with Crippen LogP contribution < -0.4 is 5.32 Å². The van der Waals surface area contributed by atoms with E-state index in [4.69, 9.17) is 23.2 Å². The first-order valence-electron chi connectivity index (χ1n) is 3.99. The fourth-order valence-electron chi connectivity index (χ4n) is 0.783. The third-order valence-electron chi connectivity index (χ3n) is 1.42. The van der Waals surface area contributed by atoms with Crippen LogP contribution in [0.2, 0.25) is 10.6 Å². The van der Waals surface area contributed by atoms with Gasteiger partial charge in [-0.2, -0.15) is 15.0 Å². The molecule has 0 amide bonds. The molecule has 0 aromatic carbocycles. The summed E-state index contributed by atoms with van der Waals surface area (Å²) in [6, 6.07) is 0. The van der Waals surface area contributed by atoms with E-state index >= 15 is 0 Å². The van der Waals surface area contributed by atoms with E-state index in [0.29, 0.717) is 6.54 Å². The summed E-state index contributed by atoms with van der Waals surface area (Å²) in [7, 11) is 1.32. The standard InChI is InChI=1S/C7H8Cl2N4O2/c1-15-4(14)2-3-10-7-12-5(8)11-6(9)13-7/h2-3H2,1H3,(H,10,11,12,13). The van der Waals surface area contributed by atoms with E-state index in [1.165, 1.54) is 7.11 Å². The van der Waals surface area contributed by atoms with Crippen LogP contribution in [0.15, 0.2) is 0 Å². The minimum atomic E-state index is -0.325. The van der Waals surface area contributed by atoms with Gasteiger partial charge < -0.3 is 10.1 Å². The Morgan fingerprint density at radius 2 is 1.93 bits per heavy atom. The van der Waals surface area contributed by atoms with Gasteiger partial charge in [0.05, 0.1) is 13.5 Å². The molecular formula is C7H8Cl2N4O2. The molecule has 0 radical (unpaired) electrons. The molecule has 15 heavy (non-hydrogen) atoms. The maximum Gasteiger partial charge on any atom is 0.307 e. The highest BCUT2D eigenvalue weighted by atomic mass is 35.5. The highest BCUT2D eigenvalue weighted by molar-refractivity contribution is 6.31. The summed E-state index contributed by atoms with van der Waals surface area (Å²) in [4.78, 5) is 21.8. The number of ether oxygens (including phenoxy) is 1. The molecular weight excluding hydrogens is 243 g/mol. The second-order valence-corrected chi connectivity index (χ2v) is 3.13. The van der Waals surface area contributed by atoms with E-state index < -0.39 is 0 Å². The van der Waals surface area contributed by atoms with Crippen LogP contribution in [0.4, 0.5) is 5.95 Å². The van der Waals surface area contributed by atoms with Crippen LogP contribution in [0.25, 0.3) is 0 Å². The molecule has 8 heteroatoms. The Kier molecular flexibility index (Phi) is 4.51. The predicted molar refractivity (Wildman–Crippen MR) is 55.0 cm³/mol. The Morgan fingerprint density at radius 1 is 1.33 bits per heavy atom. The number of rotatable bonds is 4. The summed E-state index contributed by atoms with van der Waals surface area (Å²) in [5.74, 6) is -0.0994. The van der Waals surface area contributed by atoms with Gasteiger partial charge in [0.25, 0.3) is 0 Å². The van der Waals surface area contributed by atoms with Crippen LogP contribution in [-0.4, -0.2) is 34.6 Å². The molecule has 0 bridgehead atoms. The van der Waals surface area contributed by atoms with Crippen molar-refractivity contribution in [3.63, 3.8) is 0 Å². The van der Waals surface area contributed by atoms with Crippen molar-refractivity contribution in [2.45, 2.75) is 6.42 Å². The second-order valence-electron chi connectivity index (χ2n) is 2.45. The molecule has 1 aromatic heterocycles. The number of hydrogen-bond donors (Lipinski definition) is 1. The average molecular weight is 251 g/mol. The van der Waals surface area contributed by atoms with Gasteiger partial charge in [0, 0.05) is 6.54 Å². The molecule has 1 rings (SSSR count). The van der Waals surface area contributed by atoms with Crippen LogP contribution in [0.1, 0.15) is 6.42 Å². The van der Waals surface area contributed by atoms with Gasteiger partial charge in [-0.3, -0.25) is 4.79 Å². The van der Waals surface area contributed by atoms with Gasteiger partial charge in [-0.15, -0.1) is 0 Å². The van der Waals surface area contributed by atoms with Gasteiger partial charge in [-0.1, -0.05) is 0 Å². The van der Waals surface area contributed by atoms with Crippen molar-refractivity contribution in [3.05, 3.63) is 10.6 Å². The molecule has 0 spiro atoms. The molecule has 0 fully saturated rings. The fraction of sp³-hybridized carbons (Fsp3) is 0.429. The van der Waals surface area contributed by atoms with Gasteiger partial charge >= 0.3 is 5.97 Å². The Bertz CT molecular complexity index is 341. The fourth-order valence-corrected chi connectivity index (χ4v) is 1.15. The molecule has 0 unspecified atom stereocenters. The summed E-state index contributed by atoms with van der Waals surface area (Å²) in [5.41, 5.74) is 0. The van der Waals surface area contributed by atoms with E-state index in [2.05, 4.69) is 25.0 Å². The number of aromatic nitrogens is 3. The van der Waals surface area contributed by atoms with Crippen LogP contribution in [-0.2, 0) is 9.53 Å². The zero-order valence-corrected chi connectivity index (χ0v) is 9.34. The zero-order chi connectivity index (χ0) is 11.3. The van der Waals surface area contributed by atoms with Crippen molar-refractivity contribution >= 4 is 35.1 Å². The number of hydrogen-bond acceptors (Lipinski definition) is 6. The SMILES string of the molecule is COC(=O)CCNc1nc(Cl)nc(Cl)n1. The molecule has 0 aliphatic rings. The van der Waals surface area contributed by atoms with E-state index in [0.717, 1.165) is 0 Å². The molecule has 0 aliphatic carbocycles. The Hall–Kier alpha value is -1.14. The number of nitrogens with zero attached hydrogens (tertiary/aromatic N) is 3. The number of methoxy groups -OCH3 is 1. The maximum atomic E-state index is 10.8. The molecule has 82 valence electrons. The minimum Gasteiger partial charge on any atom is -0.469 e. The monoisotopic (exact) mass is 250 g/mol. The van der Waals surface area contributed by atoms with E-state index in [9.17, 15) is 4.79 Å². The predicted octanol–water partition coefficient (Wildman–Crippen LogP) is 1.15. The summed E-state index contributed by atoms with van der Waals surface area (Å²) in [5, 5.41) is 2.75.